The number of nitrogens with zero attached hydrogens (tertiary/aromatic N) is 1. The van der Waals surface area contributed by atoms with Gasteiger partial charge in [-0.05, 0) is 51.4 Å². The van der Waals surface area contributed by atoms with E-state index in [4.69, 9.17) is 9.05 Å². The molecule has 9 heteroatoms. The van der Waals surface area contributed by atoms with E-state index in [1.54, 1.807) is 0 Å². The molecule has 0 rings (SSSR count). The molecule has 0 aliphatic rings. The maximum atomic E-state index is 13.1. The molecule has 0 saturated heterocycles. The van der Waals surface area contributed by atoms with Gasteiger partial charge in [-0.2, -0.15) is 0 Å². The Bertz CT molecular complexity index is 1430. The second kappa shape index (κ2) is 64.2. The standard InChI is InChI=1S/C73H143N2O6P/c1-6-8-10-12-14-16-18-20-22-24-26-28-30-32-34-36-37-39-41-43-45-47-49-51-53-55-57-59-61-63-65-67-73(77)74-71(70-81-82(78,79)80-69-68-75(3,4)5)72(76)66-64-62-60-58-56-54-52-50-48-46-44-42-40-38-35-33-31-29-27-25-23-21-19-17-15-13-11-9-7-2/h18,20,24,26,30,32,71-72,76H,6-17,19,21-23,25,27-29,31,33-70H2,1-5H3,(H-,74,77,78,79)/p+1/b20-18-,26-24-,32-30-. The fraction of sp³-hybridized carbons (Fsp3) is 0.904. The molecule has 8 nitrogen and oxygen atoms in total. The van der Waals surface area contributed by atoms with Gasteiger partial charge in [-0.25, -0.2) is 4.57 Å². The minimum Gasteiger partial charge on any atom is -0.391 e. The number of phosphoric ester groups is 1. The number of phosphoric acid groups is 1. The number of quaternary nitrogens is 1. The molecular weight excluding hydrogens is 1030 g/mol. The fourth-order valence-corrected chi connectivity index (χ4v) is 12.0. The first-order valence-electron chi connectivity index (χ1n) is 36.4. The van der Waals surface area contributed by atoms with E-state index >= 15 is 0 Å². The van der Waals surface area contributed by atoms with Crippen molar-refractivity contribution in [2.45, 2.75) is 386 Å². The normalized spacial score (nSPS) is 13.8. The van der Waals surface area contributed by atoms with Crippen LogP contribution in [0.2, 0.25) is 0 Å². The highest BCUT2D eigenvalue weighted by Gasteiger charge is 2.28. The van der Waals surface area contributed by atoms with E-state index < -0.39 is 20.0 Å². The Morgan fingerprint density at radius 1 is 0.415 bits per heavy atom. The number of likely N-dealkylation sites (N-methyl/N-ethyl adjacent to an activating group) is 1. The molecule has 0 radical (unpaired) electrons. The third kappa shape index (κ3) is 66.2. The molecule has 0 heterocycles. The topological polar surface area (TPSA) is 105 Å². The van der Waals surface area contributed by atoms with Crippen LogP contribution in [0, 0.1) is 0 Å². The first kappa shape index (κ1) is 80.7. The van der Waals surface area contributed by atoms with E-state index in [2.05, 4.69) is 55.6 Å². The van der Waals surface area contributed by atoms with Crippen LogP contribution in [-0.4, -0.2) is 73.4 Å². The van der Waals surface area contributed by atoms with Crippen molar-refractivity contribution >= 4 is 13.7 Å². The molecule has 0 aliphatic heterocycles. The zero-order valence-corrected chi connectivity index (χ0v) is 56.7. The molecule has 0 aliphatic carbocycles. The maximum absolute atomic E-state index is 13.1. The number of allylic oxidation sites excluding steroid dienone is 6. The predicted molar refractivity (Wildman–Crippen MR) is 360 cm³/mol. The summed E-state index contributed by atoms with van der Waals surface area (Å²) in [7, 11) is 1.63. The molecule has 0 bridgehead atoms. The smallest absolute Gasteiger partial charge is 0.391 e. The summed E-state index contributed by atoms with van der Waals surface area (Å²) in [4.78, 5) is 23.5. The van der Waals surface area contributed by atoms with Crippen molar-refractivity contribution < 1.29 is 32.9 Å². The molecule has 0 fully saturated rings. The molecule has 486 valence electrons. The zero-order valence-electron chi connectivity index (χ0n) is 55.8. The Kier molecular flexibility index (Phi) is 63.2. The van der Waals surface area contributed by atoms with Gasteiger partial charge in [0.2, 0.25) is 5.91 Å². The summed E-state index contributed by atoms with van der Waals surface area (Å²) < 4.78 is 23.9. The molecule has 3 N–H and O–H groups in total. The van der Waals surface area contributed by atoms with E-state index in [9.17, 15) is 19.4 Å². The number of aliphatic hydroxyl groups is 1. The quantitative estimate of drug-likeness (QED) is 0.0243. The van der Waals surface area contributed by atoms with E-state index in [1.807, 2.05) is 21.1 Å². The molecule has 0 spiro atoms. The van der Waals surface area contributed by atoms with E-state index in [0.29, 0.717) is 23.9 Å². The lowest BCUT2D eigenvalue weighted by atomic mass is 10.0. The van der Waals surface area contributed by atoms with Crippen LogP contribution in [0.1, 0.15) is 373 Å². The van der Waals surface area contributed by atoms with Crippen LogP contribution in [-0.2, 0) is 18.4 Å². The van der Waals surface area contributed by atoms with Crippen LogP contribution >= 0.6 is 7.82 Å². The van der Waals surface area contributed by atoms with Gasteiger partial charge in [0, 0.05) is 6.42 Å². The van der Waals surface area contributed by atoms with Crippen LogP contribution in [0.4, 0.5) is 0 Å². The average molecular weight is 1180 g/mol. The lowest BCUT2D eigenvalue weighted by Gasteiger charge is -2.26. The first-order chi connectivity index (χ1) is 40.0. The second-order valence-corrected chi connectivity index (χ2v) is 27.8. The van der Waals surface area contributed by atoms with Crippen LogP contribution in [0.5, 0.6) is 0 Å². The molecule has 0 saturated carbocycles. The number of unbranched alkanes of at least 4 members (excludes halogenated alkanes) is 49. The number of carbonyl (C=O) groups excluding carboxylic acids is 1. The number of carbonyl (C=O) groups is 1. The van der Waals surface area contributed by atoms with Gasteiger partial charge in [-0.3, -0.25) is 13.8 Å². The third-order valence-electron chi connectivity index (χ3n) is 16.9. The molecule has 0 aromatic heterocycles. The first-order valence-corrected chi connectivity index (χ1v) is 37.8. The van der Waals surface area contributed by atoms with Crippen molar-refractivity contribution in [3.05, 3.63) is 36.5 Å². The molecule has 1 amide bonds. The van der Waals surface area contributed by atoms with E-state index in [1.165, 1.54) is 295 Å². The summed E-state index contributed by atoms with van der Waals surface area (Å²) in [5.41, 5.74) is 0. The van der Waals surface area contributed by atoms with Crippen molar-refractivity contribution in [3.8, 4) is 0 Å². The highest BCUT2D eigenvalue weighted by Crippen LogP contribution is 2.43. The predicted octanol–water partition coefficient (Wildman–Crippen LogP) is 23.2. The number of nitrogens with one attached hydrogen (secondary N) is 1. The van der Waals surface area contributed by atoms with Crippen molar-refractivity contribution in [3.63, 3.8) is 0 Å². The van der Waals surface area contributed by atoms with Gasteiger partial charge in [0.25, 0.3) is 0 Å². The van der Waals surface area contributed by atoms with Crippen molar-refractivity contribution in [2.75, 3.05) is 40.9 Å². The van der Waals surface area contributed by atoms with Gasteiger partial charge in [0.05, 0.1) is 39.9 Å². The summed E-state index contributed by atoms with van der Waals surface area (Å²) in [6.07, 6.45) is 85.4. The number of aliphatic hydroxyl groups excluding tert-OH is 1. The van der Waals surface area contributed by atoms with Gasteiger partial charge in [-0.1, -0.05) is 352 Å². The van der Waals surface area contributed by atoms with Crippen LogP contribution in [0.25, 0.3) is 0 Å². The molecule has 0 aromatic rings. The Balaban J connectivity index is 4.00. The molecule has 3 unspecified atom stereocenters. The van der Waals surface area contributed by atoms with Gasteiger partial charge >= 0.3 is 7.82 Å². The molecule has 82 heavy (non-hydrogen) atoms. The highest BCUT2D eigenvalue weighted by molar-refractivity contribution is 7.47. The van der Waals surface area contributed by atoms with Crippen molar-refractivity contribution in [1.29, 1.82) is 0 Å². The highest BCUT2D eigenvalue weighted by atomic mass is 31.2. The summed E-state index contributed by atoms with van der Waals surface area (Å²) in [5, 5.41) is 14.2. The van der Waals surface area contributed by atoms with E-state index in [-0.39, 0.29) is 19.1 Å². The van der Waals surface area contributed by atoms with Gasteiger partial charge in [0.1, 0.15) is 13.2 Å². The molecule has 0 aromatic carbocycles. The summed E-state index contributed by atoms with van der Waals surface area (Å²) in [6.45, 7) is 4.94. The minimum atomic E-state index is -4.33. The van der Waals surface area contributed by atoms with Crippen molar-refractivity contribution in [1.82, 2.24) is 5.32 Å². The van der Waals surface area contributed by atoms with Crippen LogP contribution in [0.15, 0.2) is 36.5 Å². The summed E-state index contributed by atoms with van der Waals surface area (Å²) in [6, 6.07) is -0.762. The Morgan fingerprint density at radius 3 is 1.01 bits per heavy atom. The average Bonchev–Trinajstić information content (AvgIpc) is 3.47. The van der Waals surface area contributed by atoms with E-state index in [0.717, 1.165) is 51.4 Å². The Hall–Kier alpha value is -1.28. The lowest BCUT2D eigenvalue weighted by molar-refractivity contribution is -0.870. The van der Waals surface area contributed by atoms with Gasteiger partial charge in [-0.15, -0.1) is 0 Å². The maximum Gasteiger partial charge on any atom is 0.472 e. The van der Waals surface area contributed by atoms with Crippen LogP contribution in [0.3, 0.4) is 0 Å². The van der Waals surface area contributed by atoms with Gasteiger partial charge in [0.15, 0.2) is 0 Å². The number of hydrogen-bond donors (Lipinski definition) is 3. The third-order valence-corrected chi connectivity index (χ3v) is 17.9. The SMILES string of the molecule is CCCCCCC/C=C\C/C=C\C/C=C\CCCCCCCCCCCCCCCCCCC(=O)NC(COP(=O)(O)OCC[N+](C)(C)C)C(O)CCCCCCCCCCCCCCCCCCCCCCCCCCCCCCC. The number of amides is 1. The molecule has 3 atom stereocenters. The molecular formula is C73H144N2O6P+. The largest absolute Gasteiger partial charge is 0.472 e. The summed E-state index contributed by atoms with van der Waals surface area (Å²) in [5.74, 6) is -0.138. The lowest BCUT2D eigenvalue weighted by Crippen LogP contribution is -2.46. The number of hydrogen-bond acceptors (Lipinski definition) is 5. The van der Waals surface area contributed by atoms with Crippen LogP contribution < -0.4 is 5.32 Å². The monoisotopic (exact) mass is 1180 g/mol. The van der Waals surface area contributed by atoms with Crippen molar-refractivity contribution in [2.24, 2.45) is 0 Å². The Labute approximate surface area is 512 Å². The number of rotatable bonds is 68. The minimum absolute atomic E-state index is 0.0763. The zero-order chi connectivity index (χ0) is 59.8. The fourth-order valence-electron chi connectivity index (χ4n) is 11.2. The Morgan fingerprint density at radius 2 is 0.695 bits per heavy atom. The second-order valence-electron chi connectivity index (χ2n) is 26.3. The summed E-state index contributed by atoms with van der Waals surface area (Å²) >= 11 is 0. The van der Waals surface area contributed by atoms with Gasteiger partial charge < -0.3 is 19.8 Å².